The molecular formula is C47H43N15O15S4. The number of carboxylic acids is 3. The molecule has 34 heteroatoms. The number of imidazole rings is 2. The van der Waals surface area contributed by atoms with E-state index in [9.17, 15) is 62.1 Å². The minimum Gasteiger partial charge on any atom is -0.543 e. The van der Waals surface area contributed by atoms with Gasteiger partial charge in [-0.15, -0.1) is 28.0 Å². The van der Waals surface area contributed by atoms with Crippen LogP contribution in [0.15, 0.2) is 120 Å². The number of hydrogen-bond acceptors (Lipinski definition) is 21. The monoisotopic (exact) mass is 1190 g/mol. The summed E-state index contributed by atoms with van der Waals surface area (Å²) < 4.78 is 38.8. The average molecular weight is 1190 g/mol. The highest BCUT2D eigenvalue weighted by Gasteiger charge is 2.55. The second kappa shape index (κ2) is 23.7. The van der Waals surface area contributed by atoms with E-state index in [-0.39, 0.29) is 58.7 Å². The molecule has 2 fully saturated rings. The molecule has 9 heterocycles. The lowest BCUT2D eigenvalue weighted by Crippen LogP contribution is -2.71. The van der Waals surface area contributed by atoms with Gasteiger partial charge >= 0.3 is 11.6 Å². The first kappa shape index (κ1) is 56.6. The van der Waals surface area contributed by atoms with Crippen molar-refractivity contribution in [1.29, 1.82) is 5.41 Å². The van der Waals surface area contributed by atoms with Crippen molar-refractivity contribution in [3.05, 3.63) is 148 Å². The molecule has 0 aliphatic carbocycles. The normalized spacial score (nSPS) is 19.0. The van der Waals surface area contributed by atoms with Crippen LogP contribution in [0.4, 0.5) is 0 Å². The quantitative estimate of drug-likeness (QED) is 0.0125. The Balaban J connectivity index is 0.000000203. The number of fused-ring (bicyclic) bond motifs is 3. The van der Waals surface area contributed by atoms with Gasteiger partial charge in [-0.05, 0) is 35.1 Å². The van der Waals surface area contributed by atoms with Gasteiger partial charge in [-0.3, -0.25) is 48.1 Å². The molecule has 81 heavy (non-hydrogen) atoms. The van der Waals surface area contributed by atoms with Gasteiger partial charge in [-0.2, -0.15) is 13.4 Å². The van der Waals surface area contributed by atoms with Crippen molar-refractivity contribution in [2.75, 3.05) is 24.4 Å². The number of nitrogens with zero attached hydrogens (tertiary/aromatic N) is 9. The number of amides is 5. The minimum absolute atomic E-state index is 0.0168. The van der Waals surface area contributed by atoms with E-state index in [1.807, 2.05) is 10.6 Å². The first-order valence-electron chi connectivity index (χ1n) is 23.7. The SMILES string of the molecule is CO/N=C(\C(=O)N[C@@H]1C(=O)N2C(C(=O)[O-])=C(C[n+]3ccn4ncccc43)CS[C@H]12)c1nc(=N)s[nH]1.O=C([O-])C1=C(C[n+]2ccc(CCS(=O)(=O)O)cc2)CS[C@@H]2[C@H](NC(=O)[C@H](NC(=O)c3[nH]cnc3C(=O)O)c3ccccc3)C(=O)N12. The fraction of sp³-hybridized carbons (Fsp3) is 0.255. The van der Waals surface area contributed by atoms with Crippen molar-refractivity contribution in [3.63, 3.8) is 0 Å². The number of carboxylic acid groups (broad SMARTS) is 3. The molecular weight excluding hydrogens is 1140 g/mol. The fourth-order valence-corrected chi connectivity index (χ4v) is 12.6. The van der Waals surface area contributed by atoms with E-state index in [0.717, 1.165) is 33.3 Å². The number of hydrogen-bond donors (Lipinski definition) is 8. The van der Waals surface area contributed by atoms with Crippen LogP contribution in [-0.2, 0) is 63.2 Å². The maximum Gasteiger partial charge on any atom is 0.356 e. The zero-order valence-electron chi connectivity index (χ0n) is 41.6. The van der Waals surface area contributed by atoms with Crippen LogP contribution in [0.5, 0.6) is 0 Å². The third kappa shape index (κ3) is 12.1. The van der Waals surface area contributed by atoms with Crippen LogP contribution in [0.3, 0.4) is 0 Å². The molecule has 5 aromatic heterocycles. The lowest BCUT2D eigenvalue weighted by atomic mass is 10.0. The van der Waals surface area contributed by atoms with E-state index < -0.39 is 97.9 Å². The van der Waals surface area contributed by atoms with E-state index in [1.165, 1.54) is 30.6 Å². The van der Waals surface area contributed by atoms with Crippen LogP contribution in [0.1, 0.15) is 44.0 Å². The van der Waals surface area contributed by atoms with E-state index in [2.05, 4.69) is 45.5 Å². The summed E-state index contributed by atoms with van der Waals surface area (Å²) in [5, 5.41) is 55.2. The Labute approximate surface area is 468 Å². The summed E-state index contributed by atoms with van der Waals surface area (Å²) in [6, 6.07) is 11.4. The Hall–Kier alpha value is -9.12. The van der Waals surface area contributed by atoms with Gasteiger partial charge in [0, 0.05) is 40.9 Å². The van der Waals surface area contributed by atoms with Gasteiger partial charge < -0.3 is 50.7 Å². The first-order chi connectivity index (χ1) is 38.7. The molecule has 1 aromatic carbocycles. The lowest BCUT2D eigenvalue weighted by Gasteiger charge is -2.50. The molecule has 0 bridgehead atoms. The number of nitrogens with one attached hydrogen (secondary N) is 6. The number of pyridine rings is 1. The van der Waals surface area contributed by atoms with Crippen molar-refractivity contribution >= 4 is 104 Å². The number of H-pyrrole nitrogens is 2. The highest BCUT2D eigenvalue weighted by molar-refractivity contribution is 8.00. The topological polar surface area (TPSA) is 428 Å². The fourth-order valence-electron chi connectivity index (χ4n) is 8.94. The Morgan fingerprint density at radius 1 is 0.914 bits per heavy atom. The number of β-lactam (4-membered cyclic amide) rings is 2. The summed E-state index contributed by atoms with van der Waals surface area (Å²) in [6.45, 7) is 0.308. The van der Waals surface area contributed by atoms with E-state index in [1.54, 1.807) is 88.6 Å². The molecule has 0 spiro atoms. The van der Waals surface area contributed by atoms with Crippen molar-refractivity contribution < 1.29 is 80.6 Å². The summed E-state index contributed by atoms with van der Waals surface area (Å²) in [5.74, 6) is -8.18. The molecule has 4 aliphatic rings. The molecule has 0 radical (unpaired) electrons. The number of carbonyl (C=O) groups excluding carboxylic acids is 7. The third-order valence-electron chi connectivity index (χ3n) is 12.7. The lowest BCUT2D eigenvalue weighted by molar-refractivity contribution is -0.689. The van der Waals surface area contributed by atoms with Crippen molar-refractivity contribution in [3.8, 4) is 0 Å². The molecule has 2 saturated heterocycles. The van der Waals surface area contributed by atoms with Gasteiger partial charge in [0.15, 0.2) is 36.7 Å². The number of rotatable bonds is 19. The Bertz CT molecular complexity index is 3800. The summed E-state index contributed by atoms with van der Waals surface area (Å²) >= 11 is 3.44. The number of aromatic amines is 2. The second-order valence-corrected chi connectivity index (χ2v) is 22.3. The number of aryl methyl sites for hydroxylation is 1. The number of benzene rings is 1. The van der Waals surface area contributed by atoms with Gasteiger partial charge in [0.25, 0.3) is 33.7 Å². The van der Waals surface area contributed by atoms with Crippen molar-refractivity contribution in [2.24, 2.45) is 5.16 Å². The standard InChI is InChI=1S/C28H26N6O10S2.C19H17N9O5S2/c35-23(18(16-4-2-1-3-5-16)31-24(36)19-20(27(38)39)30-14-29-19)32-21-25(37)34-22(28(40)41)17(13-45-26(21)34)12-33-9-6-15(7-10-33)8-11-46(42,43)44;1-33-24-11(14-23-19(20)35-25-14)15(29)22-12-16(30)28-13(18(31)32)9(8-34-17(12)28)7-26-5-6-27-10(26)3-2-4-21-27/h1-7,9-10,14,18,21,26H,8,11-13H2,(H5-,29,30,31,32,35,36,38,39,40,41,42,43,44);2-6,12,17H,7-8H2,1H3,(H3-,20,22,23,25,29,31,32)/b;24-11-/t18-,21-,26-;12-,17-/m11/s1. The van der Waals surface area contributed by atoms with Gasteiger partial charge in [-0.1, -0.05) is 40.6 Å². The molecule has 5 atom stereocenters. The number of thioether (sulfide) groups is 2. The van der Waals surface area contributed by atoms with Gasteiger partial charge in [0.05, 0.1) is 41.6 Å². The number of aromatic carboxylic acids is 1. The zero-order chi connectivity index (χ0) is 57.9. The molecule has 4 aliphatic heterocycles. The highest BCUT2D eigenvalue weighted by atomic mass is 32.2. The van der Waals surface area contributed by atoms with Gasteiger partial charge in [0.1, 0.15) is 54.4 Å². The van der Waals surface area contributed by atoms with E-state index >= 15 is 0 Å². The Morgan fingerprint density at radius 2 is 1.56 bits per heavy atom. The predicted molar refractivity (Wildman–Crippen MR) is 274 cm³/mol. The molecule has 30 nitrogen and oxygen atoms in total. The molecule has 6 aromatic rings. The average Bonchev–Trinajstić information content (AvgIpc) is 4.33. The summed E-state index contributed by atoms with van der Waals surface area (Å²) in [7, 11) is -2.88. The molecule has 5 amide bonds. The predicted octanol–water partition coefficient (Wildman–Crippen LogP) is -4.26. The van der Waals surface area contributed by atoms with Crippen LogP contribution >= 0.6 is 35.1 Å². The molecule has 8 N–H and O–H groups in total. The second-order valence-electron chi connectivity index (χ2n) is 17.7. The first-order valence-corrected chi connectivity index (χ1v) is 28.2. The number of oxime groups is 1. The van der Waals surface area contributed by atoms with E-state index in [0.29, 0.717) is 28.0 Å². The van der Waals surface area contributed by atoms with Crippen LogP contribution in [0.25, 0.3) is 5.65 Å². The van der Waals surface area contributed by atoms with Crippen LogP contribution in [0, 0.1) is 5.41 Å². The van der Waals surface area contributed by atoms with Gasteiger partial charge in [-0.25, -0.2) is 18.9 Å². The molecule has 0 unspecified atom stereocenters. The highest BCUT2D eigenvalue weighted by Crippen LogP contribution is 2.41. The van der Waals surface area contributed by atoms with Crippen LogP contribution < -0.4 is 40.1 Å². The zero-order valence-corrected chi connectivity index (χ0v) is 44.9. The van der Waals surface area contributed by atoms with Crippen molar-refractivity contribution in [2.45, 2.75) is 48.4 Å². The molecule has 10 rings (SSSR count). The number of carbonyl (C=O) groups is 8. The number of aliphatic carboxylic acids is 2. The third-order valence-corrected chi connectivity index (χ3v) is 16.6. The maximum atomic E-state index is 13.5. The Morgan fingerprint density at radius 3 is 2.15 bits per heavy atom. The molecule has 420 valence electrons. The summed E-state index contributed by atoms with van der Waals surface area (Å²) in [5.41, 5.74) is 0.923. The molecule has 0 saturated carbocycles. The summed E-state index contributed by atoms with van der Waals surface area (Å²) in [4.78, 5) is 118. The largest absolute Gasteiger partial charge is 0.543 e. The van der Waals surface area contributed by atoms with Crippen LogP contribution in [-0.4, -0.2) is 157 Å². The Kier molecular flexibility index (Phi) is 16.6. The minimum atomic E-state index is -4.13. The maximum absolute atomic E-state index is 13.5. The number of aromatic nitrogens is 8. The summed E-state index contributed by atoms with van der Waals surface area (Å²) in [6.07, 6.45) is 9.48. The van der Waals surface area contributed by atoms with Gasteiger partial charge in [0.2, 0.25) is 16.4 Å². The smallest absolute Gasteiger partial charge is 0.356 e. The van der Waals surface area contributed by atoms with Crippen molar-refractivity contribution in [1.82, 2.24) is 54.7 Å². The van der Waals surface area contributed by atoms with Crippen LogP contribution in [0.2, 0.25) is 0 Å². The van der Waals surface area contributed by atoms with E-state index in [4.69, 9.17) is 14.8 Å².